The first-order valence-electron chi connectivity index (χ1n) is 16.4. The van der Waals surface area contributed by atoms with Gasteiger partial charge < -0.3 is 8.98 Å². The number of hydrogen-bond acceptors (Lipinski definition) is 4. The van der Waals surface area contributed by atoms with Gasteiger partial charge in [0.25, 0.3) is 0 Å². The van der Waals surface area contributed by atoms with Gasteiger partial charge >= 0.3 is 0 Å². The molecule has 0 aliphatic carbocycles. The van der Waals surface area contributed by atoms with Crippen molar-refractivity contribution in [1.82, 2.24) is 14.5 Å². The molecule has 0 saturated heterocycles. The summed E-state index contributed by atoms with van der Waals surface area (Å²) in [6.07, 6.45) is 0. The molecular weight excluding hydrogens is 619 g/mol. The van der Waals surface area contributed by atoms with Crippen molar-refractivity contribution in [3.8, 4) is 28.2 Å². The molecule has 0 bridgehead atoms. The van der Waals surface area contributed by atoms with Crippen LogP contribution in [0.5, 0.6) is 0 Å². The van der Waals surface area contributed by atoms with Gasteiger partial charge in [-0.05, 0) is 42.5 Å². The van der Waals surface area contributed by atoms with Gasteiger partial charge in [-0.3, -0.25) is 0 Å². The Bertz CT molecular complexity index is 3100. The van der Waals surface area contributed by atoms with Gasteiger partial charge in [-0.15, -0.1) is 11.3 Å². The Labute approximate surface area is 284 Å². The van der Waals surface area contributed by atoms with Crippen LogP contribution in [-0.4, -0.2) is 14.5 Å². The predicted octanol–water partition coefficient (Wildman–Crippen LogP) is 12.3. The van der Waals surface area contributed by atoms with E-state index in [2.05, 4.69) is 126 Å². The van der Waals surface area contributed by atoms with Crippen molar-refractivity contribution in [1.29, 1.82) is 0 Å². The van der Waals surface area contributed by atoms with E-state index >= 15 is 0 Å². The normalized spacial score (nSPS) is 12.1. The van der Waals surface area contributed by atoms with Crippen LogP contribution < -0.4 is 0 Å². The molecule has 4 nitrogen and oxygen atoms in total. The zero-order valence-electron chi connectivity index (χ0n) is 26.1. The lowest BCUT2D eigenvalue weighted by Crippen LogP contribution is -1.97. The smallest absolute Gasteiger partial charge is 0.154 e. The van der Waals surface area contributed by atoms with Crippen molar-refractivity contribution < 1.29 is 4.42 Å². The van der Waals surface area contributed by atoms with Crippen LogP contribution in [0.2, 0.25) is 0 Å². The second-order valence-electron chi connectivity index (χ2n) is 12.5. The Balaban J connectivity index is 1.23. The Hall–Kier alpha value is -6.30. The molecule has 0 unspecified atom stereocenters. The van der Waals surface area contributed by atoms with E-state index < -0.39 is 0 Å². The average molecular weight is 644 g/mol. The van der Waals surface area contributed by atoms with Crippen molar-refractivity contribution in [3.05, 3.63) is 152 Å². The second-order valence-corrected chi connectivity index (χ2v) is 13.6. The Morgan fingerprint density at radius 2 is 1.10 bits per heavy atom. The number of rotatable bonds is 3. The van der Waals surface area contributed by atoms with E-state index in [-0.39, 0.29) is 0 Å². The first-order valence-corrected chi connectivity index (χ1v) is 17.2. The van der Waals surface area contributed by atoms with Gasteiger partial charge in [0.1, 0.15) is 5.58 Å². The molecule has 0 radical (unpaired) electrons. The van der Waals surface area contributed by atoms with Gasteiger partial charge in [-0.25, -0.2) is 9.97 Å². The lowest BCUT2D eigenvalue weighted by atomic mass is 10.0. The number of para-hydroxylation sites is 4. The summed E-state index contributed by atoms with van der Waals surface area (Å²) in [6, 6.07) is 53.2. The van der Waals surface area contributed by atoms with Crippen LogP contribution in [0.15, 0.2) is 156 Å². The molecule has 5 heteroatoms. The first kappa shape index (κ1) is 26.7. The second kappa shape index (κ2) is 10.1. The molecule has 0 fully saturated rings. The maximum Gasteiger partial charge on any atom is 0.154 e. The van der Waals surface area contributed by atoms with Crippen LogP contribution >= 0.6 is 11.3 Å². The molecule has 4 aromatic heterocycles. The van der Waals surface area contributed by atoms with Crippen LogP contribution in [-0.2, 0) is 0 Å². The molecule has 0 spiro atoms. The Kier molecular flexibility index (Phi) is 5.51. The highest BCUT2D eigenvalue weighted by Gasteiger charge is 2.25. The minimum atomic E-state index is 0.872. The third-order valence-electron chi connectivity index (χ3n) is 9.78. The summed E-state index contributed by atoms with van der Waals surface area (Å²) in [4.78, 5) is 10.3. The average Bonchev–Trinajstić information content (AvgIpc) is 3.85. The minimum Gasteiger partial charge on any atom is -0.455 e. The van der Waals surface area contributed by atoms with Gasteiger partial charge in [0.05, 0.1) is 38.2 Å². The van der Waals surface area contributed by atoms with Gasteiger partial charge in [-0.2, -0.15) is 0 Å². The van der Waals surface area contributed by atoms with E-state index in [4.69, 9.17) is 14.4 Å². The monoisotopic (exact) mass is 643 g/mol. The molecule has 228 valence electrons. The fourth-order valence-corrected chi connectivity index (χ4v) is 8.85. The van der Waals surface area contributed by atoms with Gasteiger partial charge in [0.15, 0.2) is 5.58 Å². The molecule has 7 aromatic carbocycles. The SMILES string of the molecule is c1ccc(-c2nc3ccccc3nc2-c2ccc(-n3c4ccccc4c4c5c6ccccc6oc5c5sc6ccccc6c5c43)cc2)cc1. The number of nitrogens with zero attached hydrogens (tertiary/aromatic N) is 3. The molecule has 11 aromatic rings. The van der Waals surface area contributed by atoms with Gasteiger partial charge in [-0.1, -0.05) is 109 Å². The molecule has 0 saturated carbocycles. The third-order valence-corrected chi connectivity index (χ3v) is 10.9. The molecule has 4 heterocycles. The fourth-order valence-electron chi connectivity index (χ4n) is 7.66. The Morgan fingerprint density at radius 1 is 0.490 bits per heavy atom. The summed E-state index contributed by atoms with van der Waals surface area (Å²) >= 11 is 1.81. The highest BCUT2D eigenvalue weighted by atomic mass is 32.1. The topological polar surface area (TPSA) is 43.9 Å². The number of hydrogen-bond donors (Lipinski definition) is 0. The Morgan fingerprint density at radius 3 is 1.88 bits per heavy atom. The molecule has 0 aliphatic rings. The van der Waals surface area contributed by atoms with Crippen molar-refractivity contribution in [2.75, 3.05) is 0 Å². The summed E-state index contributed by atoms with van der Waals surface area (Å²) in [5.74, 6) is 0. The molecule has 0 aliphatic heterocycles. The van der Waals surface area contributed by atoms with E-state index in [1.54, 1.807) is 0 Å². The number of thiophene rings is 1. The molecule has 0 atom stereocenters. The molecule has 11 rings (SSSR count). The largest absolute Gasteiger partial charge is 0.455 e. The van der Waals surface area contributed by atoms with Gasteiger partial charge in [0.2, 0.25) is 0 Å². The number of fused-ring (bicyclic) bond motifs is 13. The maximum atomic E-state index is 6.70. The molecule has 0 N–H and O–H groups in total. The summed E-state index contributed by atoms with van der Waals surface area (Å²) < 4.78 is 11.6. The zero-order valence-corrected chi connectivity index (χ0v) is 26.9. The number of benzene rings is 7. The van der Waals surface area contributed by atoms with Crippen LogP contribution in [0.3, 0.4) is 0 Å². The molecule has 0 amide bonds. The fraction of sp³-hybridized carbons (Fsp3) is 0. The lowest BCUT2D eigenvalue weighted by Gasteiger charge is -2.13. The highest BCUT2D eigenvalue weighted by Crippen LogP contribution is 2.50. The lowest BCUT2D eigenvalue weighted by molar-refractivity contribution is 0.673. The van der Waals surface area contributed by atoms with Crippen LogP contribution in [0, 0.1) is 0 Å². The van der Waals surface area contributed by atoms with Crippen molar-refractivity contribution in [2.45, 2.75) is 0 Å². The third kappa shape index (κ3) is 3.79. The van der Waals surface area contributed by atoms with E-state index in [0.29, 0.717) is 0 Å². The quantitative estimate of drug-likeness (QED) is 0.192. The van der Waals surface area contributed by atoms with E-state index in [1.807, 2.05) is 41.7 Å². The summed E-state index contributed by atoms with van der Waals surface area (Å²) in [5, 5.41) is 7.23. The minimum absolute atomic E-state index is 0.872. The van der Waals surface area contributed by atoms with Crippen LogP contribution in [0.25, 0.3) is 103 Å². The van der Waals surface area contributed by atoms with Crippen LogP contribution in [0.1, 0.15) is 0 Å². The summed E-state index contributed by atoms with van der Waals surface area (Å²) in [6.45, 7) is 0. The molecule has 49 heavy (non-hydrogen) atoms. The molecular formula is C44H25N3OS. The summed E-state index contributed by atoms with van der Waals surface area (Å²) in [7, 11) is 0. The maximum absolute atomic E-state index is 6.70. The summed E-state index contributed by atoms with van der Waals surface area (Å²) in [5.41, 5.74) is 10.9. The predicted molar refractivity (Wildman–Crippen MR) is 205 cm³/mol. The van der Waals surface area contributed by atoms with E-state index in [1.165, 1.54) is 41.8 Å². The zero-order chi connectivity index (χ0) is 32.1. The number of aromatic nitrogens is 3. The van der Waals surface area contributed by atoms with E-state index in [9.17, 15) is 0 Å². The number of furan rings is 1. The van der Waals surface area contributed by atoms with Gasteiger partial charge in [0, 0.05) is 53.8 Å². The van der Waals surface area contributed by atoms with Crippen molar-refractivity contribution in [3.63, 3.8) is 0 Å². The van der Waals surface area contributed by atoms with Crippen molar-refractivity contribution >= 4 is 86.3 Å². The standard InChI is InChI=1S/C44H25N3OS/c1-2-12-26(13-3-1)40-41(46-33-18-8-7-17-32(33)45-40)27-22-24-28(25-23-27)47-34-19-9-4-14-29(34)37-38-30-15-5-10-20-35(30)48-43(38)44-39(42(37)47)31-16-6-11-21-36(31)49-44/h1-25H. The highest BCUT2D eigenvalue weighted by molar-refractivity contribution is 7.26. The first-order chi connectivity index (χ1) is 24.3. The van der Waals surface area contributed by atoms with Crippen LogP contribution in [0.4, 0.5) is 0 Å². The van der Waals surface area contributed by atoms with E-state index in [0.717, 1.165) is 61.3 Å². The van der Waals surface area contributed by atoms with Crippen molar-refractivity contribution in [2.24, 2.45) is 0 Å².